The zero-order chi connectivity index (χ0) is 36.4. The standard InChI is InChI=1S/C41H71NO7/c1-6-8-10-12-14-16-17-18-19-20-21-22-23-24-26-28-30-32-40(44)49-37(35-47-34-33-38(41(45)46)42(3,4)5)36-48-39(43)31-29-27-25-15-13-11-9-7-2/h18-19,21-22,24-27,37-38H,6-17,20,23,28-36H2,1-5H3/b19-18+,22-21+,26-24+,27-25+. The summed E-state index contributed by atoms with van der Waals surface area (Å²) in [6.07, 6.45) is 36.0. The Morgan fingerprint density at radius 2 is 1.12 bits per heavy atom. The first-order chi connectivity index (χ1) is 23.6. The summed E-state index contributed by atoms with van der Waals surface area (Å²) >= 11 is 0. The van der Waals surface area contributed by atoms with Crippen LogP contribution in [0, 0.1) is 0 Å². The molecular weight excluding hydrogens is 618 g/mol. The molecule has 0 N–H and O–H groups in total. The van der Waals surface area contributed by atoms with E-state index in [2.05, 4.69) is 56.4 Å². The normalized spacial score (nSPS) is 13.6. The van der Waals surface area contributed by atoms with Gasteiger partial charge in [0.05, 0.1) is 40.3 Å². The Bertz CT molecular complexity index is 948. The highest BCUT2D eigenvalue weighted by molar-refractivity contribution is 5.70. The van der Waals surface area contributed by atoms with Gasteiger partial charge in [0.1, 0.15) is 12.6 Å². The number of allylic oxidation sites excluding steroid dienone is 8. The first-order valence-corrected chi connectivity index (χ1v) is 19.2. The quantitative estimate of drug-likeness (QED) is 0.0295. The number of rotatable bonds is 33. The van der Waals surface area contributed by atoms with Crippen molar-refractivity contribution in [2.75, 3.05) is 41.0 Å². The largest absolute Gasteiger partial charge is 0.544 e. The zero-order valence-electron chi connectivity index (χ0n) is 31.8. The van der Waals surface area contributed by atoms with Gasteiger partial charge < -0.3 is 28.6 Å². The van der Waals surface area contributed by atoms with Crippen LogP contribution in [0.25, 0.3) is 0 Å². The maximum atomic E-state index is 12.6. The number of carboxylic acids is 1. The summed E-state index contributed by atoms with van der Waals surface area (Å²) in [5.41, 5.74) is 0. The predicted octanol–water partition coefficient (Wildman–Crippen LogP) is 8.35. The average Bonchev–Trinajstić information content (AvgIpc) is 3.05. The number of ether oxygens (including phenoxy) is 3. The van der Waals surface area contributed by atoms with E-state index < -0.39 is 18.1 Å². The topological polar surface area (TPSA) is 102 Å². The molecule has 49 heavy (non-hydrogen) atoms. The lowest BCUT2D eigenvalue weighted by atomic mass is 10.1. The SMILES string of the molecule is CCCCCC/C=C/CCC(=O)OCC(COCCC(C(=O)[O-])[N+](C)(C)C)OC(=O)CCC/C=C/C/C=C/C/C=C/CCCCCCCC. The van der Waals surface area contributed by atoms with Gasteiger partial charge in [0.25, 0.3) is 0 Å². The number of unbranched alkanes of at least 4 members (excludes halogenated alkanes) is 11. The second-order valence-electron chi connectivity index (χ2n) is 13.8. The molecule has 282 valence electrons. The van der Waals surface area contributed by atoms with Gasteiger partial charge in [-0.05, 0) is 57.8 Å². The minimum absolute atomic E-state index is 0.00800. The molecule has 0 rings (SSSR count). The van der Waals surface area contributed by atoms with Crippen molar-refractivity contribution in [3.8, 4) is 0 Å². The maximum Gasteiger partial charge on any atom is 0.306 e. The fraction of sp³-hybridized carbons (Fsp3) is 0.732. The summed E-state index contributed by atoms with van der Waals surface area (Å²) in [7, 11) is 5.36. The molecule has 0 heterocycles. The van der Waals surface area contributed by atoms with E-state index in [1.54, 1.807) is 21.1 Å². The Balaban J connectivity index is 4.52. The van der Waals surface area contributed by atoms with E-state index in [0.29, 0.717) is 12.8 Å². The zero-order valence-corrected chi connectivity index (χ0v) is 31.8. The molecule has 0 amide bonds. The third kappa shape index (κ3) is 31.0. The van der Waals surface area contributed by atoms with Crippen LogP contribution in [0.15, 0.2) is 48.6 Å². The fourth-order valence-corrected chi connectivity index (χ4v) is 5.16. The van der Waals surface area contributed by atoms with E-state index in [0.717, 1.165) is 32.1 Å². The highest BCUT2D eigenvalue weighted by atomic mass is 16.6. The molecule has 2 atom stereocenters. The van der Waals surface area contributed by atoms with Crippen molar-refractivity contribution >= 4 is 17.9 Å². The minimum atomic E-state index is -1.14. The Morgan fingerprint density at radius 3 is 1.71 bits per heavy atom. The second kappa shape index (κ2) is 32.5. The van der Waals surface area contributed by atoms with Crippen LogP contribution in [0.5, 0.6) is 0 Å². The molecule has 0 radical (unpaired) electrons. The summed E-state index contributed by atoms with van der Waals surface area (Å²) in [6.45, 7) is 4.49. The van der Waals surface area contributed by atoms with Crippen molar-refractivity contribution < 1.29 is 38.2 Å². The number of nitrogens with zero attached hydrogens (tertiary/aromatic N) is 1. The van der Waals surface area contributed by atoms with Gasteiger partial charge in [-0.3, -0.25) is 9.59 Å². The van der Waals surface area contributed by atoms with Gasteiger partial charge in [-0.2, -0.15) is 0 Å². The van der Waals surface area contributed by atoms with Gasteiger partial charge in [-0.15, -0.1) is 0 Å². The molecule has 0 aromatic rings. The van der Waals surface area contributed by atoms with Crippen LogP contribution < -0.4 is 5.11 Å². The molecule has 0 aliphatic heterocycles. The predicted molar refractivity (Wildman–Crippen MR) is 199 cm³/mol. The van der Waals surface area contributed by atoms with Gasteiger partial charge >= 0.3 is 11.9 Å². The van der Waals surface area contributed by atoms with E-state index in [9.17, 15) is 19.5 Å². The molecule has 8 nitrogen and oxygen atoms in total. The van der Waals surface area contributed by atoms with Crippen molar-refractivity contribution in [2.24, 2.45) is 0 Å². The van der Waals surface area contributed by atoms with Crippen LogP contribution >= 0.6 is 0 Å². The van der Waals surface area contributed by atoms with E-state index in [1.807, 2.05) is 6.08 Å². The Labute approximate surface area is 299 Å². The van der Waals surface area contributed by atoms with Crippen molar-refractivity contribution in [2.45, 2.75) is 154 Å². The molecule has 0 fully saturated rings. The van der Waals surface area contributed by atoms with Crippen LogP contribution in [0.1, 0.15) is 142 Å². The molecule has 0 aromatic heterocycles. The van der Waals surface area contributed by atoms with Crippen molar-refractivity contribution in [1.29, 1.82) is 0 Å². The number of hydrogen-bond donors (Lipinski definition) is 0. The van der Waals surface area contributed by atoms with Gasteiger partial charge in [0.2, 0.25) is 0 Å². The van der Waals surface area contributed by atoms with Crippen LogP contribution in [0.2, 0.25) is 0 Å². The van der Waals surface area contributed by atoms with E-state index in [-0.39, 0.29) is 55.5 Å². The second-order valence-corrected chi connectivity index (χ2v) is 13.8. The number of carbonyl (C=O) groups excluding carboxylic acids is 3. The van der Waals surface area contributed by atoms with Gasteiger partial charge in [0, 0.05) is 19.3 Å². The highest BCUT2D eigenvalue weighted by Gasteiger charge is 2.25. The molecule has 2 unspecified atom stereocenters. The average molecular weight is 690 g/mol. The van der Waals surface area contributed by atoms with Gasteiger partial charge in [-0.25, -0.2) is 0 Å². The fourth-order valence-electron chi connectivity index (χ4n) is 5.16. The summed E-state index contributed by atoms with van der Waals surface area (Å²) < 4.78 is 16.9. The minimum Gasteiger partial charge on any atom is -0.544 e. The summed E-state index contributed by atoms with van der Waals surface area (Å²) in [6, 6.07) is -0.737. The first kappa shape index (κ1) is 46.3. The molecule has 0 spiro atoms. The van der Waals surface area contributed by atoms with Crippen LogP contribution in [-0.4, -0.2) is 75.5 Å². The lowest BCUT2D eigenvalue weighted by molar-refractivity contribution is -0.889. The number of esters is 2. The number of quaternary nitrogens is 1. The summed E-state index contributed by atoms with van der Waals surface area (Å²) in [4.78, 5) is 36.5. The maximum absolute atomic E-state index is 12.6. The summed E-state index contributed by atoms with van der Waals surface area (Å²) in [5, 5.41) is 11.6. The van der Waals surface area contributed by atoms with Gasteiger partial charge in [-0.1, -0.05) is 114 Å². The monoisotopic (exact) mass is 690 g/mol. The third-order valence-corrected chi connectivity index (χ3v) is 8.20. The van der Waals surface area contributed by atoms with Crippen LogP contribution in [-0.2, 0) is 28.6 Å². The van der Waals surface area contributed by atoms with Crippen molar-refractivity contribution in [3.63, 3.8) is 0 Å². The lowest BCUT2D eigenvalue weighted by Gasteiger charge is -2.34. The molecule has 0 aliphatic rings. The molecule has 0 saturated carbocycles. The van der Waals surface area contributed by atoms with Crippen LogP contribution in [0.3, 0.4) is 0 Å². The Morgan fingerprint density at radius 1 is 0.612 bits per heavy atom. The Hall–Kier alpha value is -2.71. The molecular formula is C41H71NO7. The third-order valence-electron chi connectivity index (χ3n) is 8.20. The number of likely N-dealkylation sites (N-methyl/N-ethyl adjacent to an activating group) is 1. The molecule has 8 heteroatoms. The summed E-state index contributed by atoms with van der Waals surface area (Å²) in [5.74, 6) is -1.88. The lowest BCUT2D eigenvalue weighted by Crippen LogP contribution is -2.55. The number of hydrogen-bond acceptors (Lipinski definition) is 7. The van der Waals surface area contributed by atoms with E-state index in [1.165, 1.54) is 64.2 Å². The van der Waals surface area contributed by atoms with Crippen molar-refractivity contribution in [1.82, 2.24) is 0 Å². The number of aliphatic carboxylic acids is 1. The first-order valence-electron chi connectivity index (χ1n) is 19.2. The van der Waals surface area contributed by atoms with Crippen LogP contribution in [0.4, 0.5) is 0 Å². The molecule has 0 bridgehead atoms. The van der Waals surface area contributed by atoms with E-state index in [4.69, 9.17) is 14.2 Å². The molecule has 0 saturated heterocycles. The van der Waals surface area contributed by atoms with E-state index >= 15 is 0 Å². The smallest absolute Gasteiger partial charge is 0.306 e. The van der Waals surface area contributed by atoms with Crippen molar-refractivity contribution in [3.05, 3.63) is 48.6 Å². The van der Waals surface area contributed by atoms with Gasteiger partial charge in [0.15, 0.2) is 6.10 Å². The Kier molecular flexibility index (Phi) is 30.7. The molecule has 0 aromatic carbocycles. The molecule has 0 aliphatic carbocycles. The number of carbonyl (C=O) groups is 3. The highest BCUT2D eigenvalue weighted by Crippen LogP contribution is 2.10. The number of carboxylic acid groups (broad SMARTS) is 1.